The maximum Gasteiger partial charge on any atom is -1.00 e. The fourth-order valence-corrected chi connectivity index (χ4v) is 16.3. The van der Waals surface area contributed by atoms with E-state index in [2.05, 4.69) is 65.0 Å². The molecule has 0 saturated heterocycles. The average molecular weight is 793 g/mol. The van der Waals surface area contributed by atoms with E-state index < -0.39 is 44.7 Å². The maximum absolute atomic E-state index is 14.2. The summed E-state index contributed by atoms with van der Waals surface area (Å²) in [6, 6.07) is 24.8. The molecule has 2 aliphatic rings. The molecule has 0 heterocycles. The number of halogens is 8. The first-order chi connectivity index (χ1) is 22.1. The van der Waals surface area contributed by atoms with Gasteiger partial charge in [-0.25, -0.2) is 0 Å². The molecule has 0 bridgehead atoms. The molecule has 0 nitrogen and oxygen atoms in total. The van der Waals surface area contributed by atoms with E-state index in [-0.39, 0.29) is 36.1 Å². The van der Waals surface area contributed by atoms with Crippen molar-refractivity contribution >= 4 is 6.48 Å². The molecule has 256 valence electrons. The quantitative estimate of drug-likeness (QED) is 0.218. The van der Waals surface area contributed by atoms with E-state index in [9.17, 15) is 26.3 Å². The first-order valence-corrected chi connectivity index (χ1v) is 19.5. The van der Waals surface area contributed by atoms with Crippen LogP contribution in [0.2, 0.25) is 0 Å². The Labute approximate surface area is 304 Å². The van der Waals surface area contributed by atoms with Crippen molar-refractivity contribution in [2.24, 2.45) is 11.3 Å². The van der Waals surface area contributed by atoms with Crippen molar-refractivity contribution in [1.29, 1.82) is 0 Å². The second kappa shape index (κ2) is 14.5. The zero-order chi connectivity index (χ0) is 33.9. The summed E-state index contributed by atoms with van der Waals surface area (Å²) < 4.78 is 88.2. The number of benzene rings is 4. The summed E-state index contributed by atoms with van der Waals surface area (Å²) in [5.74, 6) is -0.0141. The minimum atomic E-state index is -4.61. The largest absolute Gasteiger partial charge is 1.00 e. The van der Waals surface area contributed by atoms with Gasteiger partial charge < -0.3 is 24.8 Å². The molecule has 4 aromatic carbocycles. The Morgan fingerprint density at radius 3 is 1.78 bits per heavy atom. The van der Waals surface area contributed by atoms with Gasteiger partial charge in [-0.2, -0.15) is 0 Å². The SMILES string of the molecule is CCC1=[C]([Zr+2](=[C](c2cccc(C(F)(F)F)c2)c2cccc(C(F)(F)F)c2)[c]2cccc3c2Cc2ccccc2-3)C(C)C=C1C(C)(C)C.[Cl-].[Cl-]. The number of hydrogen-bond donors (Lipinski definition) is 0. The molecule has 6 rings (SSSR count). The predicted molar refractivity (Wildman–Crippen MR) is 174 cm³/mol. The molecule has 0 aromatic heterocycles. The Morgan fingerprint density at radius 2 is 1.24 bits per heavy atom. The summed E-state index contributed by atoms with van der Waals surface area (Å²) in [6.45, 7) is 10.7. The zero-order valence-corrected chi connectivity index (χ0v) is 31.7. The normalized spacial score (nSPS) is 15.4. The number of alkyl halides is 6. The van der Waals surface area contributed by atoms with Crippen LogP contribution in [-0.2, 0) is 40.0 Å². The van der Waals surface area contributed by atoms with Gasteiger partial charge in [0.1, 0.15) is 0 Å². The Kier molecular flexibility index (Phi) is 11.5. The Bertz CT molecular complexity index is 1920. The van der Waals surface area contributed by atoms with Gasteiger partial charge in [0.05, 0.1) is 0 Å². The average Bonchev–Trinajstić information content (AvgIpc) is 3.56. The number of allylic oxidation sites excluding steroid dienone is 4. The third-order valence-corrected chi connectivity index (χ3v) is 17.6. The van der Waals surface area contributed by atoms with Gasteiger partial charge in [-0.05, 0) is 0 Å². The molecular weight excluding hydrogens is 757 g/mol. The summed E-state index contributed by atoms with van der Waals surface area (Å²) in [4.78, 5) is 0. The minimum absolute atomic E-state index is 0. The van der Waals surface area contributed by atoms with Gasteiger partial charge in [0.2, 0.25) is 0 Å². The monoisotopic (exact) mass is 790 g/mol. The number of fused-ring (bicyclic) bond motifs is 3. The van der Waals surface area contributed by atoms with Crippen LogP contribution in [0.1, 0.15) is 74.4 Å². The molecule has 9 heteroatoms. The summed E-state index contributed by atoms with van der Waals surface area (Å²) in [7, 11) is 0. The molecule has 0 fully saturated rings. The van der Waals surface area contributed by atoms with Crippen LogP contribution in [0.5, 0.6) is 0 Å². The van der Waals surface area contributed by atoms with Gasteiger partial charge >= 0.3 is 281 Å². The second-order valence-corrected chi connectivity index (χ2v) is 19.2. The van der Waals surface area contributed by atoms with Crippen LogP contribution in [0.25, 0.3) is 11.1 Å². The van der Waals surface area contributed by atoms with Crippen LogP contribution in [0.3, 0.4) is 0 Å². The molecule has 2 aliphatic carbocycles. The summed E-state index contributed by atoms with van der Waals surface area (Å²) in [5, 5.41) is 0. The van der Waals surface area contributed by atoms with Gasteiger partial charge in [0.25, 0.3) is 0 Å². The van der Waals surface area contributed by atoms with Crippen molar-refractivity contribution in [3.8, 4) is 11.1 Å². The van der Waals surface area contributed by atoms with Gasteiger partial charge in [0, 0.05) is 0 Å². The van der Waals surface area contributed by atoms with Crippen molar-refractivity contribution < 1.29 is 72.4 Å². The fourth-order valence-electron chi connectivity index (χ4n) is 7.28. The molecule has 0 aliphatic heterocycles. The van der Waals surface area contributed by atoms with E-state index in [1.807, 2.05) is 18.2 Å². The molecule has 0 radical (unpaired) electrons. The third-order valence-electron chi connectivity index (χ3n) is 9.28. The molecule has 0 saturated carbocycles. The van der Waals surface area contributed by atoms with Crippen molar-refractivity contribution in [2.75, 3.05) is 0 Å². The Morgan fingerprint density at radius 1 is 0.714 bits per heavy atom. The summed E-state index contributed by atoms with van der Waals surface area (Å²) >= 11 is -3.67. The van der Waals surface area contributed by atoms with E-state index in [1.54, 1.807) is 12.1 Å². The molecule has 0 spiro atoms. The van der Waals surface area contributed by atoms with Crippen molar-refractivity contribution in [2.45, 2.75) is 59.8 Å². The van der Waals surface area contributed by atoms with Gasteiger partial charge in [-0.3, -0.25) is 0 Å². The molecule has 0 N–H and O–H groups in total. The molecule has 1 unspecified atom stereocenters. The van der Waals surface area contributed by atoms with Crippen LogP contribution >= 0.6 is 0 Å². The molecule has 49 heavy (non-hydrogen) atoms. The Hall–Kier alpha value is -2.73. The standard InChI is InChI=1S/C15H8F6.C13H9.C12H19.2ClH.Zr/c16-14(17,18)12-5-1-3-10(8-12)7-11-4-2-6-13(9-11)15(19,20)21;1-3-7-12-10(5-1)9-11-6-2-4-8-13(11)12;1-6-10-7-9(2)8-11(10)12(3,4)5;;;/h1-6,8-9H;1-5,7-8H,9H2;8-9H,6H2,1-5H3;2*1H;/q;;;;;+2/p-2. The minimum Gasteiger partial charge on any atom is -1.00 e. The van der Waals surface area contributed by atoms with Crippen molar-refractivity contribution in [1.82, 2.24) is 0 Å². The number of rotatable bonds is 5. The zero-order valence-electron chi connectivity index (χ0n) is 27.8. The van der Waals surface area contributed by atoms with E-state index >= 15 is 0 Å². The smallest absolute Gasteiger partial charge is 1.00 e. The summed E-state index contributed by atoms with van der Waals surface area (Å²) in [5.41, 5.74) is 5.80. The third kappa shape index (κ3) is 7.51. The molecule has 1 atom stereocenters. The van der Waals surface area contributed by atoms with Crippen molar-refractivity contribution in [3.05, 3.63) is 145 Å². The first kappa shape index (κ1) is 39.1. The maximum atomic E-state index is 14.2. The molecule has 4 aromatic rings. The van der Waals surface area contributed by atoms with Gasteiger partial charge in [-0.1, -0.05) is 0 Å². The van der Waals surface area contributed by atoms with E-state index in [0.717, 1.165) is 50.6 Å². The summed E-state index contributed by atoms with van der Waals surface area (Å²) in [6.07, 6.45) is -5.54. The van der Waals surface area contributed by atoms with Crippen molar-refractivity contribution in [3.63, 3.8) is 0 Å². The first-order valence-electron chi connectivity index (χ1n) is 15.9. The number of hydrogen-bond acceptors (Lipinski definition) is 0. The van der Waals surface area contributed by atoms with Crippen LogP contribution < -0.4 is 28.1 Å². The van der Waals surface area contributed by atoms with Crippen LogP contribution in [0.15, 0.2) is 111 Å². The second-order valence-electron chi connectivity index (χ2n) is 13.4. The predicted octanol–water partition coefficient (Wildman–Crippen LogP) is 5.10. The van der Waals surface area contributed by atoms with E-state index in [1.165, 1.54) is 32.1 Å². The molecule has 0 amide bonds. The van der Waals surface area contributed by atoms with E-state index in [4.69, 9.17) is 0 Å². The van der Waals surface area contributed by atoms with Crippen LogP contribution in [0, 0.1) is 11.3 Å². The van der Waals surface area contributed by atoms with Crippen LogP contribution in [-0.4, -0.2) is 3.21 Å². The van der Waals surface area contributed by atoms with E-state index in [0.29, 0.717) is 20.8 Å². The van der Waals surface area contributed by atoms with Gasteiger partial charge in [-0.15, -0.1) is 0 Å². The van der Waals surface area contributed by atoms with Crippen LogP contribution in [0.4, 0.5) is 26.3 Å². The molecular formula is C40H36Cl2F6Zr. The fraction of sp³-hybridized carbons (Fsp3) is 0.275. The van der Waals surface area contributed by atoms with Gasteiger partial charge in [0.15, 0.2) is 0 Å². The Balaban J connectivity index is 0.00000270. The topological polar surface area (TPSA) is 0 Å².